The first-order chi connectivity index (χ1) is 11.2. The molecule has 2 aliphatic rings. The topological polar surface area (TPSA) is 100 Å². The van der Waals surface area contributed by atoms with Crippen molar-refractivity contribution in [1.82, 2.24) is 30.5 Å². The average molecular weight is 315 g/mol. The summed E-state index contributed by atoms with van der Waals surface area (Å²) in [7, 11) is 1.99. The van der Waals surface area contributed by atoms with Crippen LogP contribution in [0.5, 0.6) is 0 Å². The van der Waals surface area contributed by atoms with Crippen LogP contribution in [0, 0.1) is 0 Å². The Morgan fingerprint density at radius 3 is 3.13 bits per heavy atom. The lowest BCUT2D eigenvalue weighted by Gasteiger charge is -2.31. The van der Waals surface area contributed by atoms with Crippen LogP contribution in [0.2, 0.25) is 0 Å². The van der Waals surface area contributed by atoms with Crippen molar-refractivity contribution in [2.75, 3.05) is 38.2 Å². The Bertz CT molecular complexity index is 718. The highest BCUT2D eigenvalue weighted by Crippen LogP contribution is 2.25. The molecular weight excluding hydrogens is 298 g/mol. The van der Waals surface area contributed by atoms with Crippen LogP contribution in [0.25, 0.3) is 0 Å². The lowest BCUT2D eigenvalue weighted by molar-refractivity contribution is -0.0269. The Balaban J connectivity index is 1.53. The first kappa shape index (κ1) is 14.1. The highest BCUT2D eigenvalue weighted by molar-refractivity contribution is 5.93. The van der Waals surface area contributed by atoms with Crippen LogP contribution in [0.1, 0.15) is 28.0 Å². The third-order valence-electron chi connectivity index (χ3n) is 4.26. The first-order valence-electron chi connectivity index (χ1n) is 7.57. The van der Waals surface area contributed by atoms with Gasteiger partial charge < -0.3 is 14.5 Å². The number of carbonyl (C=O) groups is 1. The van der Waals surface area contributed by atoms with Crippen molar-refractivity contribution in [3.8, 4) is 0 Å². The van der Waals surface area contributed by atoms with Crippen LogP contribution in [0.4, 0.5) is 5.82 Å². The number of morpholine rings is 1. The summed E-state index contributed by atoms with van der Waals surface area (Å²) in [5.74, 6) is 1.27. The number of likely N-dealkylation sites (N-methyl/N-ethyl adjacent to an activating group) is 1. The lowest BCUT2D eigenvalue weighted by Crippen LogP contribution is -2.42. The van der Waals surface area contributed by atoms with Crippen molar-refractivity contribution >= 4 is 11.7 Å². The summed E-state index contributed by atoms with van der Waals surface area (Å²) in [6, 6.07) is 3.80. The number of amides is 1. The molecule has 0 spiro atoms. The number of ether oxygens (including phenoxy) is 1. The summed E-state index contributed by atoms with van der Waals surface area (Å²) < 4.78 is 5.62. The zero-order valence-electron chi connectivity index (χ0n) is 12.8. The molecule has 1 unspecified atom stereocenters. The Morgan fingerprint density at radius 2 is 2.30 bits per heavy atom. The van der Waals surface area contributed by atoms with Crippen molar-refractivity contribution in [3.63, 3.8) is 0 Å². The Kier molecular flexibility index (Phi) is 3.41. The van der Waals surface area contributed by atoms with E-state index in [1.807, 2.05) is 13.1 Å². The second-order valence-corrected chi connectivity index (χ2v) is 5.73. The zero-order chi connectivity index (χ0) is 15.8. The molecule has 0 aromatic carbocycles. The van der Waals surface area contributed by atoms with Gasteiger partial charge in [0.25, 0.3) is 5.91 Å². The van der Waals surface area contributed by atoms with E-state index in [1.54, 1.807) is 11.0 Å². The molecule has 9 nitrogen and oxygen atoms in total. The van der Waals surface area contributed by atoms with Gasteiger partial charge in [0, 0.05) is 20.1 Å². The van der Waals surface area contributed by atoms with E-state index in [0.29, 0.717) is 31.2 Å². The molecule has 9 heteroatoms. The number of pyridine rings is 1. The maximum Gasteiger partial charge on any atom is 0.272 e. The van der Waals surface area contributed by atoms with E-state index >= 15 is 0 Å². The molecule has 1 saturated heterocycles. The predicted molar refractivity (Wildman–Crippen MR) is 80.0 cm³/mol. The zero-order valence-corrected chi connectivity index (χ0v) is 12.8. The first-order valence-corrected chi connectivity index (χ1v) is 7.57. The number of nitrogens with zero attached hydrogens (tertiary/aromatic N) is 6. The third-order valence-corrected chi connectivity index (χ3v) is 4.26. The molecule has 1 atom stereocenters. The molecule has 0 aliphatic carbocycles. The van der Waals surface area contributed by atoms with Gasteiger partial charge >= 0.3 is 0 Å². The van der Waals surface area contributed by atoms with E-state index in [2.05, 4.69) is 30.5 Å². The number of anilines is 1. The SMILES string of the molecule is CN1CCc2ccc(C(=O)N3CCOC(c4nn[nH]n4)C3)nc21. The minimum atomic E-state index is -0.358. The lowest BCUT2D eigenvalue weighted by atomic mass is 10.2. The number of carbonyl (C=O) groups excluding carboxylic acids is 1. The minimum Gasteiger partial charge on any atom is -0.366 e. The van der Waals surface area contributed by atoms with Crippen molar-refractivity contribution in [1.29, 1.82) is 0 Å². The standard InChI is InChI=1S/C14H17N7O2/c1-20-5-4-9-2-3-10(15-13(9)20)14(22)21-6-7-23-11(8-21)12-16-18-19-17-12/h2-3,11H,4-8H2,1H3,(H,16,17,18,19). The number of tetrazole rings is 1. The molecule has 1 amide bonds. The second-order valence-electron chi connectivity index (χ2n) is 5.73. The summed E-state index contributed by atoms with van der Waals surface area (Å²) in [6.07, 6.45) is 0.619. The van der Waals surface area contributed by atoms with E-state index in [0.717, 1.165) is 18.8 Å². The van der Waals surface area contributed by atoms with Gasteiger partial charge in [-0.1, -0.05) is 11.3 Å². The maximum atomic E-state index is 12.7. The van der Waals surface area contributed by atoms with E-state index in [4.69, 9.17) is 4.74 Å². The molecule has 4 heterocycles. The predicted octanol–water partition coefficient (Wildman–Crippen LogP) is -0.199. The average Bonchev–Trinajstić information content (AvgIpc) is 3.25. The Labute approximate surface area is 132 Å². The summed E-state index contributed by atoms with van der Waals surface area (Å²) in [6.45, 7) is 2.31. The number of H-pyrrole nitrogens is 1. The van der Waals surface area contributed by atoms with E-state index in [9.17, 15) is 4.79 Å². The number of rotatable bonds is 2. The normalized spacial score (nSPS) is 20.7. The van der Waals surface area contributed by atoms with Crippen LogP contribution in [0.15, 0.2) is 12.1 Å². The summed E-state index contributed by atoms with van der Waals surface area (Å²) in [4.78, 5) is 21.1. The fourth-order valence-corrected chi connectivity index (χ4v) is 2.97. The quantitative estimate of drug-likeness (QED) is 0.819. The van der Waals surface area contributed by atoms with Gasteiger partial charge in [-0.05, 0) is 18.1 Å². The smallest absolute Gasteiger partial charge is 0.272 e. The van der Waals surface area contributed by atoms with Crippen LogP contribution >= 0.6 is 0 Å². The highest BCUT2D eigenvalue weighted by atomic mass is 16.5. The van der Waals surface area contributed by atoms with Gasteiger partial charge in [-0.15, -0.1) is 10.2 Å². The van der Waals surface area contributed by atoms with E-state index in [1.165, 1.54) is 5.56 Å². The van der Waals surface area contributed by atoms with E-state index in [-0.39, 0.29) is 12.0 Å². The highest BCUT2D eigenvalue weighted by Gasteiger charge is 2.30. The van der Waals surface area contributed by atoms with Gasteiger partial charge in [0.15, 0.2) is 0 Å². The maximum absolute atomic E-state index is 12.7. The van der Waals surface area contributed by atoms with Crippen LogP contribution in [0.3, 0.4) is 0 Å². The van der Waals surface area contributed by atoms with E-state index < -0.39 is 0 Å². The van der Waals surface area contributed by atoms with Gasteiger partial charge in [0.1, 0.15) is 17.6 Å². The molecule has 23 heavy (non-hydrogen) atoms. The molecule has 0 bridgehead atoms. The van der Waals surface area contributed by atoms with Crippen molar-refractivity contribution in [2.45, 2.75) is 12.5 Å². The Hall–Kier alpha value is -2.55. The van der Waals surface area contributed by atoms with Crippen molar-refractivity contribution < 1.29 is 9.53 Å². The summed E-state index contributed by atoms with van der Waals surface area (Å²) >= 11 is 0. The third kappa shape index (κ3) is 2.52. The minimum absolute atomic E-state index is 0.0927. The van der Waals surface area contributed by atoms with Gasteiger partial charge in [-0.25, -0.2) is 4.98 Å². The molecular formula is C14H17N7O2. The number of nitrogens with one attached hydrogen (secondary N) is 1. The molecule has 2 aliphatic heterocycles. The number of hydrogen-bond donors (Lipinski definition) is 1. The molecule has 1 fully saturated rings. The monoisotopic (exact) mass is 315 g/mol. The number of hydrogen-bond acceptors (Lipinski definition) is 7. The fourth-order valence-electron chi connectivity index (χ4n) is 2.97. The molecule has 1 N–H and O–H groups in total. The molecule has 0 radical (unpaired) electrons. The Morgan fingerprint density at radius 1 is 1.39 bits per heavy atom. The molecule has 4 rings (SSSR count). The largest absolute Gasteiger partial charge is 0.366 e. The van der Waals surface area contributed by atoms with Crippen LogP contribution in [-0.2, 0) is 11.2 Å². The fraction of sp³-hybridized carbons (Fsp3) is 0.500. The summed E-state index contributed by atoms with van der Waals surface area (Å²) in [5, 5.41) is 13.8. The number of aromatic amines is 1. The van der Waals surface area contributed by atoms with Crippen LogP contribution < -0.4 is 4.90 Å². The summed E-state index contributed by atoms with van der Waals surface area (Å²) in [5.41, 5.74) is 1.65. The molecule has 2 aromatic rings. The van der Waals surface area contributed by atoms with Gasteiger partial charge in [-0.3, -0.25) is 4.79 Å². The molecule has 0 saturated carbocycles. The number of aromatic nitrogens is 5. The van der Waals surface area contributed by atoms with Gasteiger partial charge in [0.2, 0.25) is 5.82 Å². The molecule has 2 aromatic heterocycles. The number of fused-ring (bicyclic) bond motifs is 1. The molecule has 120 valence electrons. The van der Waals surface area contributed by atoms with Crippen molar-refractivity contribution in [2.24, 2.45) is 0 Å². The second kappa shape index (κ2) is 5.58. The van der Waals surface area contributed by atoms with Gasteiger partial charge in [0.05, 0.1) is 13.2 Å². The van der Waals surface area contributed by atoms with Crippen LogP contribution in [-0.4, -0.2) is 69.7 Å². The van der Waals surface area contributed by atoms with Crippen molar-refractivity contribution in [3.05, 3.63) is 29.2 Å². The van der Waals surface area contributed by atoms with Gasteiger partial charge in [-0.2, -0.15) is 5.21 Å².